The SMILES string of the molecule is O=C(c1ccccc1)C1OC(c2ccccc2)=C(n2nnc3ccccc32)C1c1ccccc1. The molecule has 5 heteroatoms. The molecule has 0 saturated heterocycles. The Kier molecular flexibility index (Phi) is 5.00. The van der Waals surface area contributed by atoms with Crippen LogP contribution in [-0.2, 0) is 4.74 Å². The number of ether oxygens (including phenoxy) is 1. The van der Waals surface area contributed by atoms with Crippen LogP contribution in [0.3, 0.4) is 0 Å². The molecule has 1 aliphatic rings. The van der Waals surface area contributed by atoms with Crippen molar-refractivity contribution < 1.29 is 9.53 Å². The third kappa shape index (κ3) is 3.39. The highest BCUT2D eigenvalue weighted by atomic mass is 16.5. The van der Waals surface area contributed by atoms with Gasteiger partial charge in [-0.1, -0.05) is 108 Å². The Morgan fingerprint density at radius 2 is 1.35 bits per heavy atom. The van der Waals surface area contributed by atoms with Crippen molar-refractivity contribution in [1.82, 2.24) is 15.0 Å². The first-order chi connectivity index (χ1) is 16.8. The van der Waals surface area contributed by atoms with Crippen molar-refractivity contribution in [1.29, 1.82) is 0 Å². The van der Waals surface area contributed by atoms with Crippen LogP contribution in [0.1, 0.15) is 27.4 Å². The van der Waals surface area contributed by atoms with E-state index >= 15 is 0 Å². The van der Waals surface area contributed by atoms with Gasteiger partial charge in [0.1, 0.15) is 11.3 Å². The molecular weight excluding hydrogens is 422 g/mol. The van der Waals surface area contributed by atoms with Crippen LogP contribution in [0.15, 0.2) is 115 Å². The van der Waals surface area contributed by atoms with Crippen LogP contribution < -0.4 is 0 Å². The molecule has 1 aliphatic heterocycles. The molecule has 0 spiro atoms. The van der Waals surface area contributed by atoms with Gasteiger partial charge >= 0.3 is 0 Å². The Balaban J connectivity index is 1.60. The summed E-state index contributed by atoms with van der Waals surface area (Å²) in [5.74, 6) is 0.205. The van der Waals surface area contributed by atoms with Crippen LogP contribution in [0, 0.1) is 0 Å². The Labute approximate surface area is 196 Å². The third-order valence-electron chi connectivity index (χ3n) is 6.17. The van der Waals surface area contributed by atoms with E-state index in [1.807, 2.05) is 120 Å². The van der Waals surface area contributed by atoms with Gasteiger partial charge < -0.3 is 4.74 Å². The first kappa shape index (κ1) is 20.1. The van der Waals surface area contributed by atoms with Crippen LogP contribution in [0.5, 0.6) is 0 Å². The number of carbonyl (C=O) groups excluding carboxylic acids is 1. The summed E-state index contributed by atoms with van der Waals surface area (Å²) in [6.45, 7) is 0. The van der Waals surface area contributed by atoms with Crippen molar-refractivity contribution in [3.8, 4) is 0 Å². The molecule has 0 radical (unpaired) electrons. The molecule has 5 aromatic rings. The summed E-state index contributed by atoms with van der Waals surface area (Å²) in [6, 6.07) is 37.0. The second-order valence-corrected chi connectivity index (χ2v) is 8.23. The lowest BCUT2D eigenvalue weighted by atomic mass is 9.87. The first-order valence-corrected chi connectivity index (χ1v) is 11.2. The molecule has 6 rings (SSSR count). The zero-order chi connectivity index (χ0) is 22.9. The largest absolute Gasteiger partial charge is 0.479 e. The van der Waals surface area contributed by atoms with E-state index < -0.39 is 6.10 Å². The normalized spacial score (nSPS) is 17.6. The van der Waals surface area contributed by atoms with Gasteiger partial charge in [0.2, 0.25) is 5.78 Å². The van der Waals surface area contributed by atoms with E-state index in [0.717, 1.165) is 27.9 Å². The van der Waals surface area contributed by atoms with Gasteiger partial charge in [0.15, 0.2) is 6.10 Å². The Bertz CT molecular complexity index is 1490. The zero-order valence-corrected chi connectivity index (χ0v) is 18.3. The summed E-state index contributed by atoms with van der Waals surface area (Å²) in [5.41, 5.74) is 4.94. The average Bonchev–Trinajstić information content (AvgIpc) is 3.51. The van der Waals surface area contributed by atoms with Gasteiger partial charge in [-0.2, -0.15) is 0 Å². The van der Waals surface area contributed by atoms with Crippen LogP contribution in [0.25, 0.3) is 22.5 Å². The van der Waals surface area contributed by atoms with Gasteiger partial charge in [-0.25, -0.2) is 4.68 Å². The van der Waals surface area contributed by atoms with E-state index in [9.17, 15) is 4.79 Å². The van der Waals surface area contributed by atoms with Gasteiger partial charge in [0.25, 0.3) is 0 Å². The summed E-state index contributed by atoms with van der Waals surface area (Å²) in [6.07, 6.45) is -0.738. The van der Waals surface area contributed by atoms with Crippen molar-refractivity contribution in [2.24, 2.45) is 0 Å². The van der Waals surface area contributed by atoms with E-state index in [1.54, 1.807) is 0 Å². The van der Waals surface area contributed by atoms with Crippen LogP contribution >= 0.6 is 0 Å². The molecule has 0 amide bonds. The van der Waals surface area contributed by atoms with Gasteiger partial charge in [-0.3, -0.25) is 4.79 Å². The molecule has 4 aromatic carbocycles. The lowest BCUT2D eigenvalue weighted by Crippen LogP contribution is -2.28. The number of rotatable bonds is 5. The molecule has 0 saturated carbocycles. The Morgan fingerprint density at radius 1 is 0.735 bits per heavy atom. The van der Waals surface area contributed by atoms with E-state index in [1.165, 1.54) is 0 Å². The van der Waals surface area contributed by atoms with Crippen LogP contribution in [-0.4, -0.2) is 26.9 Å². The lowest BCUT2D eigenvalue weighted by Gasteiger charge is -2.21. The van der Waals surface area contributed by atoms with Crippen molar-refractivity contribution in [2.75, 3.05) is 0 Å². The number of fused-ring (bicyclic) bond motifs is 1. The number of para-hydroxylation sites is 1. The van der Waals surface area contributed by atoms with Crippen LogP contribution in [0.2, 0.25) is 0 Å². The van der Waals surface area contributed by atoms with E-state index in [0.29, 0.717) is 11.3 Å². The van der Waals surface area contributed by atoms with Crippen molar-refractivity contribution in [3.63, 3.8) is 0 Å². The predicted octanol–water partition coefficient (Wildman–Crippen LogP) is 5.82. The molecule has 34 heavy (non-hydrogen) atoms. The number of hydrogen-bond acceptors (Lipinski definition) is 4. The maximum absolute atomic E-state index is 13.8. The van der Waals surface area contributed by atoms with Crippen molar-refractivity contribution in [2.45, 2.75) is 12.0 Å². The fraction of sp³-hybridized carbons (Fsp3) is 0.0690. The van der Waals surface area contributed by atoms with E-state index in [-0.39, 0.29) is 11.7 Å². The number of carbonyl (C=O) groups is 1. The topological polar surface area (TPSA) is 57.0 Å². The Hall–Kier alpha value is -4.51. The molecule has 164 valence electrons. The molecule has 0 N–H and O–H groups in total. The highest BCUT2D eigenvalue weighted by Gasteiger charge is 2.44. The highest BCUT2D eigenvalue weighted by molar-refractivity contribution is 6.05. The van der Waals surface area contributed by atoms with Crippen molar-refractivity contribution in [3.05, 3.63) is 132 Å². The monoisotopic (exact) mass is 443 g/mol. The Morgan fingerprint density at radius 3 is 2.09 bits per heavy atom. The number of Topliss-reactive ketones (excluding diaryl/α,β-unsaturated/α-hetero) is 1. The average molecular weight is 444 g/mol. The number of benzene rings is 4. The molecule has 0 fully saturated rings. The fourth-order valence-corrected chi connectivity index (χ4v) is 4.58. The smallest absolute Gasteiger partial charge is 0.204 e. The number of nitrogens with zero attached hydrogens (tertiary/aromatic N) is 3. The summed E-state index contributed by atoms with van der Waals surface area (Å²) in [5, 5.41) is 8.90. The summed E-state index contributed by atoms with van der Waals surface area (Å²) >= 11 is 0. The molecule has 0 aliphatic carbocycles. The highest BCUT2D eigenvalue weighted by Crippen LogP contribution is 2.47. The predicted molar refractivity (Wildman–Crippen MR) is 132 cm³/mol. The van der Waals surface area contributed by atoms with Gasteiger partial charge in [0, 0.05) is 11.1 Å². The van der Waals surface area contributed by atoms with Gasteiger partial charge in [-0.15, -0.1) is 5.10 Å². The minimum absolute atomic E-state index is 0.0673. The maximum atomic E-state index is 13.8. The molecule has 1 aromatic heterocycles. The second kappa shape index (κ2) is 8.45. The van der Waals surface area contributed by atoms with E-state index in [2.05, 4.69) is 10.3 Å². The standard InChI is InChI=1S/C29H21N3O2/c33-27(21-14-6-2-7-15-21)29-25(20-12-4-1-5-13-20)26(28(34-29)22-16-8-3-9-17-22)32-24-19-11-10-18-23(24)30-31-32/h1-19,25,29H. The summed E-state index contributed by atoms with van der Waals surface area (Å²) < 4.78 is 8.38. The number of hydrogen-bond donors (Lipinski definition) is 0. The lowest BCUT2D eigenvalue weighted by molar-refractivity contribution is 0.0755. The summed E-state index contributed by atoms with van der Waals surface area (Å²) in [7, 11) is 0. The minimum Gasteiger partial charge on any atom is -0.479 e. The molecule has 2 unspecified atom stereocenters. The summed E-state index contributed by atoms with van der Waals surface area (Å²) in [4.78, 5) is 13.8. The third-order valence-corrected chi connectivity index (χ3v) is 6.17. The number of aromatic nitrogens is 3. The van der Waals surface area contributed by atoms with Gasteiger partial charge in [0.05, 0.1) is 17.1 Å². The van der Waals surface area contributed by atoms with Gasteiger partial charge in [-0.05, 0) is 17.7 Å². The first-order valence-electron chi connectivity index (χ1n) is 11.2. The molecule has 2 heterocycles. The second-order valence-electron chi connectivity index (χ2n) is 8.23. The fourth-order valence-electron chi connectivity index (χ4n) is 4.58. The van der Waals surface area contributed by atoms with Crippen molar-refractivity contribution >= 4 is 28.3 Å². The quantitative estimate of drug-likeness (QED) is 0.321. The minimum atomic E-state index is -0.738. The van der Waals surface area contributed by atoms with Crippen LogP contribution in [0.4, 0.5) is 0 Å². The molecule has 2 atom stereocenters. The molecule has 0 bridgehead atoms. The zero-order valence-electron chi connectivity index (χ0n) is 18.3. The molecule has 5 nitrogen and oxygen atoms in total. The maximum Gasteiger partial charge on any atom is 0.204 e. The molecular formula is C29H21N3O2. The van der Waals surface area contributed by atoms with E-state index in [4.69, 9.17) is 4.74 Å². The number of ketones is 1.